The molecule has 0 spiro atoms. The summed E-state index contributed by atoms with van der Waals surface area (Å²) in [5.74, 6) is -0.0624. The van der Waals surface area contributed by atoms with Crippen LogP contribution in [0.3, 0.4) is 0 Å². The third-order valence-electron chi connectivity index (χ3n) is 2.12. The van der Waals surface area contributed by atoms with E-state index in [1.165, 1.54) is 18.2 Å². The van der Waals surface area contributed by atoms with Gasteiger partial charge in [-0.25, -0.2) is 4.39 Å². The molecule has 0 aliphatic rings. The monoisotopic (exact) mass is 223 g/mol. The molecular weight excluding hydrogens is 209 g/mol. The van der Waals surface area contributed by atoms with Crippen molar-refractivity contribution in [2.45, 2.75) is 25.9 Å². The van der Waals surface area contributed by atoms with E-state index in [0.717, 1.165) is 0 Å². The number of nitriles is 1. The van der Waals surface area contributed by atoms with Gasteiger partial charge in [0.15, 0.2) is 0 Å². The average molecular weight is 223 g/mol. The van der Waals surface area contributed by atoms with Crippen molar-refractivity contribution in [3.05, 3.63) is 29.6 Å². The fraction of sp³-hybridized carbons (Fsp3) is 0.417. The van der Waals surface area contributed by atoms with Crippen LogP contribution in [0.4, 0.5) is 4.39 Å². The minimum atomic E-state index is -0.702. The largest absolute Gasteiger partial charge is 0.493 e. The van der Waals surface area contributed by atoms with Gasteiger partial charge in [0, 0.05) is 18.1 Å². The summed E-state index contributed by atoms with van der Waals surface area (Å²) >= 11 is 0. The fourth-order valence-corrected chi connectivity index (χ4v) is 1.31. The van der Waals surface area contributed by atoms with Crippen LogP contribution in [0.2, 0.25) is 0 Å². The van der Waals surface area contributed by atoms with Crippen LogP contribution in [-0.2, 0) is 0 Å². The van der Waals surface area contributed by atoms with Crippen LogP contribution in [0, 0.1) is 17.1 Å². The van der Waals surface area contributed by atoms with Crippen LogP contribution in [0.15, 0.2) is 18.2 Å². The van der Waals surface area contributed by atoms with Gasteiger partial charge < -0.3 is 9.84 Å². The zero-order chi connectivity index (χ0) is 12.0. The second-order valence-corrected chi connectivity index (χ2v) is 3.47. The van der Waals surface area contributed by atoms with Crippen molar-refractivity contribution < 1.29 is 14.2 Å². The molecule has 0 aromatic heterocycles. The smallest absolute Gasteiger partial charge is 0.127 e. The van der Waals surface area contributed by atoms with E-state index in [2.05, 4.69) is 0 Å². The predicted molar refractivity (Wildman–Crippen MR) is 57.4 cm³/mol. The molecule has 0 saturated heterocycles. The second kappa shape index (κ2) is 6.09. The number of aliphatic hydroxyl groups excluding tert-OH is 1. The van der Waals surface area contributed by atoms with Crippen molar-refractivity contribution in [1.29, 1.82) is 5.26 Å². The maximum atomic E-state index is 13.0. The molecule has 0 heterocycles. The highest BCUT2D eigenvalue weighted by atomic mass is 19.1. The lowest BCUT2D eigenvalue weighted by Crippen LogP contribution is -2.02. The maximum absolute atomic E-state index is 13.0. The molecule has 0 aliphatic carbocycles. The van der Waals surface area contributed by atoms with Crippen molar-refractivity contribution in [2.75, 3.05) is 6.61 Å². The van der Waals surface area contributed by atoms with Crippen LogP contribution >= 0.6 is 0 Å². The Morgan fingerprint density at radius 1 is 1.56 bits per heavy atom. The number of hydrogen-bond acceptors (Lipinski definition) is 3. The van der Waals surface area contributed by atoms with Gasteiger partial charge in [0.05, 0.1) is 18.8 Å². The van der Waals surface area contributed by atoms with Gasteiger partial charge in [-0.05, 0) is 25.5 Å². The molecule has 3 nitrogen and oxygen atoms in total. The van der Waals surface area contributed by atoms with E-state index in [1.54, 1.807) is 6.92 Å². The molecule has 0 aliphatic heterocycles. The summed E-state index contributed by atoms with van der Waals surface area (Å²) in [7, 11) is 0. The van der Waals surface area contributed by atoms with Crippen molar-refractivity contribution >= 4 is 0 Å². The number of ether oxygens (including phenoxy) is 1. The molecule has 1 rings (SSSR count). The third kappa shape index (κ3) is 3.52. The Morgan fingerprint density at radius 3 is 2.94 bits per heavy atom. The molecular formula is C12H14FNO2. The van der Waals surface area contributed by atoms with Gasteiger partial charge in [-0.15, -0.1) is 0 Å². The third-order valence-corrected chi connectivity index (χ3v) is 2.12. The maximum Gasteiger partial charge on any atom is 0.127 e. The number of halogens is 1. The molecule has 0 bridgehead atoms. The lowest BCUT2D eigenvalue weighted by atomic mass is 10.1. The normalized spacial score (nSPS) is 11.9. The summed E-state index contributed by atoms with van der Waals surface area (Å²) in [5, 5.41) is 17.8. The van der Waals surface area contributed by atoms with E-state index in [1.807, 2.05) is 6.07 Å². The molecule has 16 heavy (non-hydrogen) atoms. The highest BCUT2D eigenvalue weighted by Crippen LogP contribution is 2.26. The van der Waals surface area contributed by atoms with E-state index in [-0.39, 0.29) is 0 Å². The van der Waals surface area contributed by atoms with E-state index in [0.29, 0.717) is 30.8 Å². The minimum absolute atomic E-state index is 0.341. The van der Waals surface area contributed by atoms with Gasteiger partial charge in [-0.2, -0.15) is 5.26 Å². The number of unbranched alkanes of at least 4 members (excludes halogenated alkanes) is 1. The van der Waals surface area contributed by atoms with Crippen molar-refractivity contribution in [2.24, 2.45) is 0 Å². The Balaban J connectivity index is 2.69. The number of nitrogens with zero attached hydrogens (tertiary/aromatic N) is 1. The van der Waals surface area contributed by atoms with E-state index >= 15 is 0 Å². The Bertz CT molecular complexity index is 385. The van der Waals surface area contributed by atoms with Crippen LogP contribution in [-0.4, -0.2) is 11.7 Å². The van der Waals surface area contributed by atoms with E-state index < -0.39 is 11.9 Å². The molecule has 0 fully saturated rings. The first-order chi connectivity index (χ1) is 7.65. The number of hydrogen-bond donors (Lipinski definition) is 1. The molecule has 1 atom stereocenters. The van der Waals surface area contributed by atoms with Crippen molar-refractivity contribution in [1.82, 2.24) is 0 Å². The summed E-state index contributed by atoms with van der Waals surface area (Å²) in [4.78, 5) is 0. The van der Waals surface area contributed by atoms with E-state index in [4.69, 9.17) is 10.00 Å². The molecule has 0 radical (unpaired) electrons. The number of aliphatic hydroxyl groups is 1. The number of rotatable bonds is 5. The minimum Gasteiger partial charge on any atom is -0.493 e. The first-order valence-corrected chi connectivity index (χ1v) is 5.12. The van der Waals surface area contributed by atoms with Gasteiger partial charge >= 0.3 is 0 Å². The van der Waals surface area contributed by atoms with Crippen LogP contribution < -0.4 is 4.74 Å². The highest BCUT2D eigenvalue weighted by Gasteiger charge is 2.10. The molecule has 0 saturated carbocycles. The first-order valence-electron chi connectivity index (χ1n) is 5.12. The molecule has 1 aromatic rings. The van der Waals surface area contributed by atoms with Gasteiger partial charge in [0.1, 0.15) is 11.6 Å². The average Bonchev–Trinajstić information content (AvgIpc) is 2.24. The molecule has 1 unspecified atom stereocenters. The van der Waals surface area contributed by atoms with Gasteiger partial charge in [0.25, 0.3) is 0 Å². The van der Waals surface area contributed by atoms with Crippen LogP contribution in [0.5, 0.6) is 5.75 Å². The van der Waals surface area contributed by atoms with Crippen LogP contribution in [0.25, 0.3) is 0 Å². The molecule has 4 heteroatoms. The lowest BCUT2D eigenvalue weighted by molar-refractivity contribution is 0.190. The summed E-state index contributed by atoms with van der Waals surface area (Å²) in [5.41, 5.74) is 0.554. The second-order valence-electron chi connectivity index (χ2n) is 3.47. The fourth-order valence-electron chi connectivity index (χ4n) is 1.31. The van der Waals surface area contributed by atoms with Crippen LogP contribution in [0.1, 0.15) is 31.4 Å². The molecule has 0 amide bonds. The van der Waals surface area contributed by atoms with Crippen molar-refractivity contribution in [3.63, 3.8) is 0 Å². The Morgan fingerprint density at radius 2 is 2.31 bits per heavy atom. The highest BCUT2D eigenvalue weighted by molar-refractivity contribution is 5.35. The zero-order valence-electron chi connectivity index (χ0n) is 9.11. The molecule has 1 N–H and O–H groups in total. The SMILES string of the molecule is CC(O)c1ccc(F)cc1OCCCC#N. The number of benzene rings is 1. The quantitative estimate of drug-likeness (QED) is 0.780. The molecule has 1 aromatic carbocycles. The summed E-state index contributed by atoms with van der Waals surface area (Å²) < 4.78 is 18.3. The Labute approximate surface area is 94.1 Å². The topological polar surface area (TPSA) is 53.2 Å². The van der Waals surface area contributed by atoms with Gasteiger partial charge in [-0.3, -0.25) is 0 Å². The van der Waals surface area contributed by atoms with Gasteiger partial charge in [-0.1, -0.05) is 0 Å². The summed E-state index contributed by atoms with van der Waals surface area (Å²) in [6.07, 6.45) is 0.289. The summed E-state index contributed by atoms with van der Waals surface area (Å²) in [6, 6.07) is 6.03. The standard InChI is InChI=1S/C12H14FNO2/c1-9(15)11-5-4-10(13)8-12(11)16-7-3-2-6-14/h4-5,8-9,15H,2-3,7H2,1H3. The first kappa shape index (κ1) is 12.5. The zero-order valence-corrected chi connectivity index (χ0v) is 9.11. The van der Waals surface area contributed by atoms with Crippen molar-refractivity contribution in [3.8, 4) is 11.8 Å². The predicted octanol–water partition coefficient (Wildman–Crippen LogP) is 2.56. The van der Waals surface area contributed by atoms with E-state index in [9.17, 15) is 9.50 Å². The summed E-state index contributed by atoms with van der Waals surface area (Å²) in [6.45, 7) is 1.94. The molecule has 86 valence electrons. The lowest BCUT2D eigenvalue weighted by Gasteiger charge is -2.12. The van der Waals surface area contributed by atoms with Gasteiger partial charge in [0.2, 0.25) is 0 Å². The Kier molecular flexibility index (Phi) is 4.74. The Hall–Kier alpha value is -1.60.